The number of nitrogens with zero attached hydrogens (tertiary/aromatic N) is 3. The molecule has 1 fully saturated rings. The number of benzene rings is 2. The summed E-state index contributed by atoms with van der Waals surface area (Å²) >= 11 is 6.32. The number of piperazine rings is 1. The Morgan fingerprint density at radius 3 is 2.50 bits per heavy atom. The second-order valence-electron chi connectivity index (χ2n) is 9.07. The van der Waals surface area contributed by atoms with Crippen LogP contribution in [0.15, 0.2) is 58.6 Å². The van der Waals surface area contributed by atoms with Gasteiger partial charge in [0.05, 0.1) is 16.3 Å². The van der Waals surface area contributed by atoms with E-state index in [2.05, 4.69) is 9.89 Å². The largest absolute Gasteiger partial charge is 0.367 e. The molecule has 3 aliphatic rings. The number of halogens is 2. The van der Waals surface area contributed by atoms with Crippen LogP contribution in [-0.4, -0.2) is 55.0 Å². The van der Waals surface area contributed by atoms with E-state index >= 15 is 0 Å². The Morgan fingerprint density at radius 2 is 1.74 bits per heavy atom. The molecule has 0 unspecified atom stereocenters. The van der Waals surface area contributed by atoms with Crippen molar-refractivity contribution in [2.24, 2.45) is 4.99 Å². The highest BCUT2D eigenvalue weighted by atomic mass is 35.5. The Balaban J connectivity index is 1.30. The van der Waals surface area contributed by atoms with Gasteiger partial charge in [-0.25, -0.2) is 4.39 Å². The van der Waals surface area contributed by atoms with Gasteiger partial charge in [-0.1, -0.05) is 29.8 Å². The number of carbonyl (C=O) groups is 2. The van der Waals surface area contributed by atoms with Gasteiger partial charge in [-0.2, -0.15) is 0 Å². The molecule has 2 aliphatic heterocycles. The van der Waals surface area contributed by atoms with E-state index in [1.165, 1.54) is 6.07 Å². The Kier molecular flexibility index (Phi) is 6.50. The van der Waals surface area contributed by atoms with E-state index in [-0.39, 0.29) is 23.8 Å². The first-order valence-electron chi connectivity index (χ1n) is 11.9. The SMILES string of the molecule is O=C1CN=C(Cc2ccc(F)c(C(=O)N3CCN(c4ccccc4Cl)CC3)c2)C2=C1CCCC2. The number of dihydropyridines is 1. The molecule has 5 rings (SSSR count). The number of hydrogen-bond acceptors (Lipinski definition) is 4. The summed E-state index contributed by atoms with van der Waals surface area (Å²) in [5, 5.41) is 0.685. The molecule has 0 spiro atoms. The highest BCUT2D eigenvalue weighted by Gasteiger charge is 2.28. The monoisotopic (exact) mass is 479 g/mol. The smallest absolute Gasteiger partial charge is 0.256 e. The molecule has 0 N–H and O–H groups in total. The van der Waals surface area contributed by atoms with E-state index in [1.807, 2.05) is 24.3 Å². The molecule has 0 saturated carbocycles. The fourth-order valence-corrected chi connectivity index (χ4v) is 5.38. The first-order valence-corrected chi connectivity index (χ1v) is 12.2. The van der Waals surface area contributed by atoms with E-state index in [0.29, 0.717) is 37.6 Å². The lowest BCUT2D eigenvalue weighted by molar-refractivity contribution is -0.114. The third-order valence-corrected chi connectivity index (χ3v) is 7.28. The lowest BCUT2D eigenvalue weighted by Crippen LogP contribution is -2.49. The van der Waals surface area contributed by atoms with Crippen molar-refractivity contribution in [3.8, 4) is 0 Å². The quantitative estimate of drug-likeness (QED) is 0.628. The third-order valence-electron chi connectivity index (χ3n) is 6.96. The standard InChI is InChI=1S/C27H27ClFN3O2/c28-22-7-3-4-8-25(22)31-11-13-32(14-12-31)27(34)21-15-18(9-10-23(21)29)16-24-19-5-1-2-6-20(19)26(33)17-30-24/h3-4,7-10,15H,1-2,5-6,11-14,16-17H2. The first-order chi connectivity index (χ1) is 16.5. The topological polar surface area (TPSA) is 53.0 Å². The van der Waals surface area contributed by atoms with E-state index in [9.17, 15) is 14.0 Å². The van der Waals surface area contributed by atoms with Crippen LogP contribution in [0.5, 0.6) is 0 Å². The molecule has 2 heterocycles. The van der Waals surface area contributed by atoms with Crippen LogP contribution >= 0.6 is 11.6 Å². The Labute approximate surface area is 203 Å². The normalized spacial score (nSPS) is 18.6. The maximum Gasteiger partial charge on any atom is 0.256 e. The number of allylic oxidation sites excluding steroid dienone is 1. The summed E-state index contributed by atoms with van der Waals surface area (Å²) in [6, 6.07) is 12.4. The highest BCUT2D eigenvalue weighted by molar-refractivity contribution is 6.33. The minimum Gasteiger partial charge on any atom is -0.367 e. The zero-order chi connectivity index (χ0) is 23.7. The van der Waals surface area contributed by atoms with Crippen molar-refractivity contribution in [2.75, 3.05) is 37.6 Å². The number of hydrogen-bond donors (Lipinski definition) is 0. The number of ketones is 1. The van der Waals surface area contributed by atoms with Crippen LogP contribution < -0.4 is 4.90 Å². The molecule has 0 atom stereocenters. The molecule has 2 aromatic carbocycles. The number of rotatable bonds is 4. The van der Waals surface area contributed by atoms with Crippen LogP contribution in [0.1, 0.15) is 41.6 Å². The van der Waals surface area contributed by atoms with Crippen LogP contribution in [0.3, 0.4) is 0 Å². The summed E-state index contributed by atoms with van der Waals surface area (Å²) in [5.41, 5.74) is 4.78. The fraction of sp³-hybridized carbons (Fsp3) is 0.370. The molecule has 2 aromatic rings. The lowest BCUT2D eigenvalue weighted by Gasteiger charge is -2.36. The number of anilines is 1. The van der Waals surface area contributed by atoms with Crippen LogP contribution in [0.25, 0.3) is 0 Å². The third kappa shape index (κ3) is 4.51. The van der Waals surface area contributed by atoms with Crippen molar-refractivity contribution in [1.82, 2.24) is 4.90 Å². The fourth-order valence-electron chi connectivity index (χ4n) is 5.12. The molecule has 0 bridgehead atoms. The predicted molar refractivity (Wildman–Crippen MR) is 132 cm³/mol. The van der Waals surface area contributed by atoms with Gasteiger partial charge >= 0.3 is 0 Å². The molecule has 5 nitrogen and oxygen atoms in total. The Bertz CT molecular complexity index is 1200. The van der Waals surface area contributed by atoms with Crippen LogP contribution in [-0.2, 0) is 11.2 Å². The minimum absolute atomic E-state index is 0.0917. The van der Waals surface area contributed by atoms with Crippen molar-refractivity contribution in [3.05, 3.63) is 75.6 Å². The maximum atomic E-state index is 14.7. The molecule has 1 amide bonds. The molecule has 176 valence electrons. The van der Waals surface area contributed by atoms with Crippen molar-refractivity contribution in [3.63, 3.8) is 0 Å². The maximum absolute atomic E-state index is 14.7. The average molecular weight is 480 g/mol. The number of Topliss-reactive ketones (excluding diaryl/α,β-unsaturated/α-hetero) is 1. The van der Waals surface area contributed by atoms with Gasteiger partial charge in [0.1, 0.15) is 12.4 Å². The summed E-state index contributed by atoms with van der Waals surface area (Å²) in [6.45, 7) is 2.46. The van der Waals surface area contributed by atoms with Gasteiger partial charge in [0.2, 0.25) is 0 Å². The zero-order valence-corrected chi connectivity index (χ0v) is 19.8. The van der Waals surface area contributed by atoms with Gasteiger partial charge in [-0.05, 0) is 61.1 Å². The number of aliphatic imine (C=N–C) groups is 1. The Morgan fingerprint density at radius 1 is 1.00 bits per heavy atom. The minimum atomic E-state index is -0.513. The molecule has 0 aromatic heterocycles. The summed E-state index contributed by atoms with van der Waals surface area (Å²) in [6.07, 6.45) is 4.28. The van der Waals surface area contributed by atoms with Crippen LogP contribution in [0.4, 0.5) is 10.1 Å². The summed E-state index contributed by atoms with van der Waals surface area (Å²) in [4.78, 5) is 33.8. The number of carbonyl (C=O) groups excluding carboxylic acids is 2. The van der Waals surface area contributed by atoms with Crippen molar-refractivity contribution in [2.45, 2.75) is 32.1 Å². The second kappa shape index (κ2) is 9.71. The molecule has 34 heavy (non-hydrogen) atoms. The predicted octanol–water partition coefficient (Wildman–Crippen LogP) is 4.88. The summed E-state index contributed by atoms with van der Waals surface area (Å²) in [5.74, 6) is -0.679. The van der Waals surface area contributed by atoms with Gasteiger partial charge in [-0.15, -0.1) is 0 Å². The van der Waals surface area contributed by atoms with Crippen molar-refractivity contribution in [1.29, 1.82) is 0 Å². The van der Waals surface area contributed by atoms with Gasteiger partial charge in [-0.3, -0.25) is 14.6 Å². The second-order valence-corrected chi connectivity index (χ2v) is 9.48. The van der Waals surface area contributed by atoms with E-state index in [1.54, 1.807) is 17.0 Å². The highest BCUT2D eigenvalue weighted by Crippen LogP contribution is 2.31. The molecular weight excluding hydrogens is 453 g/mol. The van der Waals surface area contributed by atoms with E-state index < -0.39 is 5.82 Å². The summed E-state index contributed by atoms with van der Waals surface area (Å²) in [7, 11) is 0. The molecule has 0 radical (unpaired) electrons. The number of amides is 1. The van der Waals surface area contributed by atoms with Gasteiger partial charge in [0.25, 0.3) is 5.91 Å². The van der Waals surface area contributed by atoms with Crippen LogP contribution in [0.2, 0.25) is 5.02 Å². The average Bonchev–Trinajstić information content (AvgIpc) is 2.87. The van der Waals surface area contributed by atoms with Gasteiger partial charge < -0.3 is 9.80 Å². The Hall–Kier alpha value is -2.99. The van der Waals surface area contributed by atoms with Gasteiger partial charge in [0, 0.05) is 43.9 Å². The molecule has 1 aliphatic carbocycles. The van der Waals surface area contributed by atoms with E-state index in [4.69, 9.17) is 11.6 Å². The molecular formula is C27H27ClFN3O2. The zero-order valence-electron chi connectivity index (χ0n) is 19.0. The molecule has 1 saturated heterocycles. The first kappa shape index (κ1) is 22.8. The lowest BCUT2D eigenvalue weighted by atomic mass is 9.83. The van der Waals surface area contributed by atoms with Gasteiger partial charge in [0.15, 0.2) is 5.78 Å². The van der Waals surface area contributed by atoms with Crippen molar-refractivity contribution >= 4 is 34.7 Å². The van der Waals surface area contributed by atoms with Crippen molar-refractivity contribution < 1.29 is 14.0 Å². The van der Waals surface area contributed by atoms with Crippen LogP contribution in [0, 0.1) is 5.82 Å². The number of para-hydroxylation sites is 1. The molecule has 7 heteroatoms. The summed E-state index contributed by atoms with van der Waals surface area (Å²) < 4.78 is 14.7. The van der Waals surface area contributed by atoms with E-state index in [0.717, 1.165) is 53.8 Å².